The molecule has 3 rings (SSSR count). The van der Waals surface area contributed by atoms with Gasteiger partial charge in [0.2, 0.25) is 0 Å². The number of anilines is 1. The number of carbonyl (C=O) groups excluding carboxylic acids is 1. The van der Waals surface area contributed by atoms with E-state index >= 15 is 0 Å². The zero-order chi connectivity index (χ0) is 20.5. The first-order valence-corrected chi connectivity index (χ1v) is 10.5. The van der Waals surface area contributed by atoms with Crippen LogP contribution in [0.2, 0.25) is 0 Å². The number of carbonyl (C=O) groups is 1. The molecule has 1 aliphatic heterocycles. The Kier molecular flexibility index (Phi) is 5.78. The first-order valence-electron chi connectivity index (χ1n) is 8.87. The van der Waals surface area contributed by atoms with Crippen LogP contribution in [-0.2, 0) is 42.8 Å². The van der Waals surface area contributed by atoms with Crippen LogP contribution in [0.15, 0.2) is 41.3 Å². The van der Waals surface area contributed by atoms with Gasteiger partial charge in [0.05, 0.1) is 29.8 Å². The molecule has 0 spiro atoms. The highest BCUT2D eigenvalue weighted by Crippen LogP contribution is 2.24. The average Bonchev–Trinajstić information content (AvgIpc) is 2.94. The maximum absolute atomic E-state index is 13.0. The minimum atomic E-state index is -3.76. The van der Waals surface area contributed by atoms with Crippen LogP contribution in [0.25, 0.3) is 0 Å². The van der Waals surface area contributed by atoms with Gasteiger partial charge in [-0.15, -0.1) is 0 Å². The van der Waals surface area contributed by atoms with Crippen molar-refractivity contribution >= 4 is 34.1 Å². The summed E-state index contributed by atoms with van der Waals surface area (Å²) in [4.78, 5) is 12.1. The molecule has 0 bridgehead atoms. The van der Waals surface area contributed by atoms with Gasteiger partial charge >= 0.3 is 13.1 Å². The Morgan fingerprint density at radius 2 is 2.04 bits per heavy atom. The van der Waals surface area contributed by atoms with Crippen molar-refractivity contribution in [3.63, 3.8) is 0 Å². The number of hydrogen-bond donors (Lipinski definition) is 2. The summed E-state index contributed by atoms with van der Waals surface area (Å²) in [5.74, 6) is -0.793. The number of hydrogen-bond acceptors (Lipinski definition) is 7. The second kappa shape index (κ2) is 7.94. The van der Waals surface area contributed by atoms with E-state index < -0.39 is 22.9 Å². The molecule has 148 valence electrons. The third kappa shape index (κ3) is 4.55. The van der Waals surface area contributed by atoms with Crippen LogP contribution in [-0.4, -0.2) is 32.6 Å². The number of nitrogen functional groups attached to an aromatic ring is 1. The summed E-state index contributed by atoms with van der Waals surface area (Å²) in [6, 6.07) is 9.46. The van der Waals surface area contributed by atoms with Crippen molar-refractivity contribution in [2.45, 2.75) is 43.6 Å². The van der Waals surface area contributed by atoms with E-state index in [1.165, 1.54) is 18.2 Å². The molecule has 0 aliphatic carbocycles. The zero-order valence-electron chi connectivity index (χ0n) is 15.7. The lowest BCUT2D eigenvalue weighted by Gasteiger charge is -2.13. The summed E-state index contributed by atoms with van der Waals surface area (Å²) < 4.78 is 36.3. The summed E-state index contributed by atoms with van der Waals surface area (Å²) in [5, 5.41) is 9.83. The molecular weight excluding hydrogens is 381 g/mol. The predicted molar refractivity (Wildman–Crippen MR) is 106 cm³/mol. The van der Waals surface area contributed by atoms with Gasteiger partial charge in [0, 0.05) is 5.69 Å². The largest absolute Gasteiger partial charge is 0.491 e. The van der Waals surface area contributed by atoms with Crippen LogP contribution in [0.1, 0.15) is 30.5 Å². The second-order valence-electron chi connectivity index (χ2n) is 7.04. The van der Waals surface area contributed by atoms with Crippen LogP contribution in [0.3, 0.4) is 0 Å². The van der Waals surface area contributed by atoms with Crippen LogP contribution in [0, 0.1) is 0 Å². The lowest BCUT2D eigenvalue weighted by molar-refractivity contribution is -0.146. The summed E-state index contributed by atoms with van der Waals surface area (Å²) >= 11 is 0. The molecule has 2 aromatic rings. The minimum Gasteiger partial charge on any atom is -0.463 e. The van der Waals surface area contributed by atoms with E-state index in [0.29, 0.717) is 28.9 Å². The Bertz CT molecular complexity index is 1010. The lowest BCUT2D eigenvalue weighted by Crippen LogP contribution is -2.28. The Morgan fingerprint density at radius 1 is 1.29 bits per heavy atom. The molecule has 1 aliphatic rings. The van der Waals surface area contributed by atoms with Crippen LogP contribution < -0.4 is 11.2 Å². The van der Waals surface area contributed by atoms with Crippen molar-refractivity contribution in [3.8, 4) is 0 Å². The first kappa shape index (κ1) is 20.4. The quantitative estimate of drug-likeness (QED) is 0.419. The van der Waals surface area contributed by atoms with Gasteiger partial charge < -0.3 is 20.1 Å². The number of fused-ring (bicyclic) bond motifs is 1. The predicted octanol–water partition coefficient (Wildman–Crippen LogP) is 0.955. The van der Waals surface area contributed by atoms with Gasteiger partial charge in [-0.1, -0.05) is 18.2 Å². The van der Waals surface area contributed by atoms with Gasteiger partial charge in [-0.2, -0.15) is 0 Å². The van der Waals surface area contributed by atoms with E-state index in [9.17, 15) is 18.2 Å². The van der Waals surface area contributed by atoms with Crippen LogP contribution >= 0.6 is 0 Å². The fourth-order valence-electron chi connectivity index (χ4n) is 3.15. The minimum absolute atomic E-state index is 0.0414. The summed E-state index contributed by atoms with van der Waals surface area (Å²) in [6.45, 7) is 3.74. The molecule has 9 heteroatoms. The van der Waals surface area contributed by atoms with Gasteiger partial charge in [0.1, 0.15) is 0 Å². The van der Waals surface area contributed by atoms with Gasteiger partial charge in [-0.3, -0.25) is 4.79 Å². The van der Waals surface area contributed by atoms with Gasteiger partial charge in [0.25, 0.3) is 0 Å². The van der Waals surface area contributed by atoms with E-state index in [-0.39, 0.29) is 23.2 Å². The molecule has 0 amide bonds. The lowest BCUT2D eigenvalue weighted by atomic mass is 9.79. The number of benzene rings is 2. The molecule has 0 fully saturated rings. The van der Waals surface area contributed by atoms with E-state index in [2.05, 4.69) is 0 Å². The van der Waals surface area contributed by atoms with E-state index in [1.807, 2.05) is 0 Å². The number of nitrogens with two attached hydrogens (primary N) is 1. The molecule has 3 N–H and O–H groups in total. The molecular formula is C19H22BNO6S. The van der Waals surface area contributed by atoms with Gasteiger partial charge in [-0.05, 0) is 54.2 Å². The number of ether oxygens (including phenoxy) is 1. The van der Waals surface area contributed by atoms with Crippen molar-refractivity contribution in [2.75, 3.05) is 5.73 Å². The van der Waals surface area contributed by atoms with Gasteiger partial charge in [0.15, 0.2) is 9.84 Å². The standard InChI is InChI=1S/C19H22BNO6S/c1-12(2)27-19(22)9-15-8-16(21)5-6-18(15)28(24,25)11-13-3-4-14-10-26-20(23)17(14)7-13/h3-8,12,23H,9-11,21H2,1-2H3. The first-order chi connectivity index (χ1) is 13.2. The molecule has 0 radical (unpaired) electrons. The second-order valence-corrected chi connectivity index (χ2v) is 9.00. The average molecular weight is 403 g/mol. The van der Waals surface area contributed by atoms with Crippen molar-refractivity contribution < 1.29 is 27.6 Å². The van der Waals surface area contributed by atoms with E-state index in [1.54, 1.807) is 32.0 Å². The third-order valence-electron chi connectivity index (χ3n) is 4.35. The molecule has 0 atom stereocenters. The molecule has 0 saturated carbocycles. The fraction of sp³-hybridized carbons (Fsp3) is 0.316. The van der Waals surface area contributed by atoms with Crippen molar-refractivity contribution in [2.24, 2.45) is 0 Å². The maximum atomic E-state index is 13.0. The summed E-state index contributed by atoms with van der Waals surface area (Å²) in [5.41, 5.74) is 8.38. The summed E-state index contributed by atoms with van der Waals surface area (Å²) in [7, 11) is -4.80. The Hall–Kier alpha value is -2.36. The topological polar surface area (TPSA) is 116 Å². The Balaban J connectivity index is 1.89. The van der Waals surface area contributed by atoms with E-state index in [4.69, 9.17) is 15.1 Å². The monoisotopic (exact) mass is 403 g/mol. The summed E-state index contributed by atoms with van der Waals surface area (Å²) in [6.07, 6.45) is -0.484. The van der Waals surface area contributed by atoms with Gasteiger partial charge in [-0.25, -0.2) is 8.42 Å². The van der Waals surface area contributed by atoms with Crippen LogP contribution in [0.4, 0.5) is 5.69 Å². The molecule has 0 unspecified atom stereocenters. The SMILES string of the molecule is CC(C)OC(=O)Cc1cc(N)ccc1S(=O)(=O)Cc1ccc2c(c1)B(O)OC2. The number of rotatable bonds is 6. The third-order valence-corrected chi connectivity index (χ3v) is 6.13. The van der Waals surface area contributed by atoms with Crippen molar-refractivity contribution in [1.29, 1.82) is 0 Å². The van der Waals surface area contributed by atoms with Crippen molar-refractivity contribution in [1.82, 2.24) is 0 Å². The smallest absolute Gasteiger partial charge is 0.463 e. The number of esters is 1. The number of sulfone groups is 1. The highest BCUT2D eigenvalue weighted by Gasteiger charge is 2.28. The molecule has 0 aromatic heterocycles. The Labute approximate surface area is 164 Å². The molecule has 1 heterocycles. The van der Waals surface area contributed by atoms with Crippen LogP contribution in [0.5, 0.6) is 0 Å². The normalized spacial score (nSPS) is 13.6. The van der Waals surface area contributed by atoms with Crippen molar-refractivity contribution in [3.05, 3.63) is 53.1 Å². The Morgan fingerprint density at radius 3 is 2.75 bits per heavy atom. The molecule has 28 heavy (non-hydrogen) atoms. The fourth-order valence-corrected chi connectivity index (χ4v) is 4.73. The molecule has 7 nitrogen and oxygen atoms in total. The highest BCUT2D eigenvalue weighted by atomic mass is 32.2. The van der Waals surface area contributed by atoms with E-state index in [0.717, 1.165) is 5.56 Å². The zero-order valence-corrected chi connectivity index (χ0v) is 16.5. The molecule has 0 saturated heterocycles. The highest BCUT2D eigenvalue weighted by molar-refractivity contribution is 7.90. The molecule has 2 aromatic carbocycles. The maximum Gasteiger partial charge on any atom is 0.491 e.